The number of nitrogens with two attached hydrogens (primary N) is 1. The molecule has 1 saturated heterocycles. The lowest BCUT2D eigenvalue weighted by molar-refractivity contribution is -0.117. The molecule has 0 aliphatic carbocycles. The number of benzene rings is 1. The highest BCUT2D eigenvalue weighted by Crippen LogP contribution is 2.22. The first-order valence-corrected chi connectivity index (χ1v) is 7.27. The van der Waals surface area contributed by atoms with Crippen molar-refractivity contribution in [3.8, 4) is 5.75 Å². The summed E-state index contributed by atoms with van der Waals surface area (Å²) in [5.74, 6) is -0.276. The molecule has 8 heteroatoms. The summed E-state index contributed by atoms with van der Waals surface area (Å²) < 4.78 is 10.6. The second-order valence-electron chi connectivity index (χ2n) is 4.98. The minimum atomic E-state index is -0.615. The molecule has 23 heavy (non-hydrogen) atoms. The SMILES string of the molecule is CCOc1ccc(NC(=O)CC2COCCN2)c(C(N)=O)c1.Cl. The number of halogens is 1. The summed E-state index contributed by atoms with van der Waals surface area (Å²) in [6, 6.07) is 4.82. The van der Waals surface area contributed by atoms with Gasteiger partial charge in [-0.15, -0.1) is 12.4 Å². The van der Waals surface area contributed by atoms with E-state index in [9.17, 15) is 9.59 Å². The first kappa shape index (κ1) is 19.2. The van der Waals surface area contributed by atoms with Gasteiger partial charge in [0.1, 0.15) is 5.75 Å². The van der Waals surface area contributed by atoms with Crippen LogP contribution in [0, 0.1) is 0 Å². The Kier molecular flexibility index (Phi) is 7.80. The monoisotopic (exact) mass is 343 g/mol. The van der Waals surface area contributed by atoms with Crippen LogP contribution in [0.3, 0.4) is 0 Å². The highest BCUT2D eigenvalue weighted by Gasteiger charge is 2.18. The second kappa shape index (κ2) is 9.34. The van der Waals surface area contributed by atoms with E-state index in [-0.39, 0.29) is 36.3 Å². The fourth-order valence-corrected chi connectivity index (χ4v) is 2.27. The number of carbonyl (C=O) groups excluding carboxylic acids is 2. The van der Waals surface area contributed by atoms with Gasteiger partial charge in [-0.25, -0.2) is 0 Å². The molecule has 128 valence electrons. The van der Waals surface area contributed by atoms with E-state index < -0.39 is 5.91 Å². The fourth-order valence-electron chi connectivity index (χ4n) is 2.27. The zero-order valence-corrected chi connectivity index (χ0v) is 13.8. The minimum Gasteiger partial charge on any atom is -0.494 e. The lowest BCUT2D eigenvalue weighted by atomic mass is 10.1. The Morgan fingerprint density at radius 3 is 2.87 bits per heavy atom. The van der Waals surface area contributed by atoms with E-state index in [4.69, 9.17) is 15.2 Å². The average molecular weight is 344 g/mol. The van der Waals surface area contributed by atoms with Crippen molar-refractivity contribution >= 4 is 29.9 Å². The zero-order valence-electron chi connectivity index (χ0n) is 13.0. The van der Waals surface area contributed by atoms with Gasteiger partial charge >= 0.3 is 0 Å². The van der Waals surface area contributed by atoms with Gasteiger partial charge in [-0.3, -0.25) is 9.59 Å². The van der Waals surface area contributed by atoms with E-state index in [0.717, 1.165) is 6.54 Å². The molecule has 1 aliphatic rings. The molecular weight excluding hydrogens is 322 g/mol. The Bertz CT molecular complexity index is 548. The van der Waals surface area contributed by atoms with Crippen molar-refractivity contribution in [3.63, 3.8) is 0 Å². The normalized spacial score (nSPS) is 17.0. The van der Waals surface area contributed by atoms with Crippen LogP contribution < -0.4 is 21.1 Å². The highest BCUT2D eigenvalue weighted by molar-refractivity contribution is 6.03. The number of nitrogens with one attached hydrogen (secondary N) is 2. The Hall–Kier alpha value is -1.83. The van der Waals surface area contributed by atoms with Crippen LogP contribution in [0.2, 0.25) is 0 Å². The number of ether oxygens (including phenoxy) is 2. The number of amides is 2. The molecule has 2 amide bonds. The first-order valence-electron chi connectivity index (χ1n) is 7.27. The number of hydrogen-bond donors (Lipinski definition) is 3. The van der Waals surface area contributed by atoms with Crippen LogP contribution in [0.5, 0.6) is 5.75 Å². The highest BCUT2D eigenvalue weighted by atomic mass is 35.5. The predicted molar refractivity (Wildman–Crippen MR) is 89.2 cm³/mol. The van der Waals surface area contributed by atoms with Gasteiger partial charge in [0.05, 0.1) is 31.1 Å². The van der Waals surface area contributed by atoms with Crippen molar-refractivity contribution in [2.45, 2.75) is 19.4 Å². The molecule has 1 heterocycles. The van der Waals surface area contributed by atoms with Crippen LogP contribution in [-0.4, -0.2) is 44.2 Å². The molecule has 1 fully saturated rings. The van der Waals surface area contributed by atoms with Crippen LogP contribution in [0.25, 0.3) is 0 Å². The molecule has 1 unspecified atom stereocenters. The maximum absolute atomic E-state index is 12.1. The number of rotatable bonds is 6. The minimum absolute atomic E-state index is 0. The van der Waals surface area contributed by atoms with Crippen molar-refractivity contribution in [1.29, 1.82) is 0 Å². The number of morpholine rings is 1. The zero-order chi connectivity index (χ0) is 15.9. The van der Waals surface area contributed by atoms with Gasteiger partial charge in [-0.2, -0.15) is 0 Å². The Balaban J connectivity index is 0.00000264. The second-order valence-corrected chi connectivity index (χ2v) is 4.98. The molecule has 0 bridgehead atoms. The molecule has 0 saturated carbocycles. The number of primary amides is 1. The molecule has 0 spiro atoms. The molecule has 1 aromatic rings. The summed E-state index contributed by atoms with van der Waals surface area (Å²) >= 11 is 0. The van der Waals surface area contributed by atoms with Crippen LogP contribution in [0.4, 0.5) is 5.69 Å². The number of anilines is 1. The van der Waals surface area contributed by atoms with E-state index >= 15 is 0 Å². The Morgan fingerprint density at radius 1 is 1.48 bits per heavy atom. The van der Waals surface area contributed by atoms with E-state index in [1.54, 1.807) is 12.1 Å². The van der Waals surface area contributed by atoms with Crippen molar-refractivity contribution in [3.05, 3.63) is 23.8 Å². The maximum atomic E-state index is 12.1. The van der Waals surface area contributed by atoms with E-state index in [0.29, 0.717) is 31.3 Å². The molecule has 1 atom stereocenters. The lowest BCUT2D eigenvalue weighted by Gasteiger charge is -2.23. The Morgan fingerprint density at radius 2 is 2.26 bits per heavy atom. The third-order valence-electron chi connectivity index (χ3n) is 3.27. The van der Waals surface area contributed by atoms with Gasteiger partial charge in [-0.1, -0.05) is 0 Å². The van der Waals surface area contributed by atoms with Gasteiger partial charge in [0, 0.05) is 19.0 Å². The van der Waals surface area contributed by atoms with Crippen LogP contribution in [0.15, 0.2) is 18.2 Å². The summed E-state index contributed by atoms with van der Waals surface area (Å²) in [4.78, 5) is 23.6. The third-order valence-corrected chi connectivity index (χ3v) is 3.27. The standard InChI is InChI=1S/C15H21N3O4.ClH/c1-2-22-11-3-4-13(12(8-11)15(16)20)18-14(19)7-10-9-21-6-5-17-10;/h3-4,8,10,17H,2,5-7,9H2,1H3,(H2,16,20)(H,18,19);1H. The van der Waals surface area contributed by atoms with Crippen molar-refractivity contribution in [1.82, 2.24) is 5.32 Å². The van der Waals surface area contributed by atoms with Gasteiger partial charge in [0.15, 0.2) is 0 Å². The maximum Gasteiger partial charge on any atom is 0.250 e. The largest absolute Gasteiger partial charge is 0.494 e. The van der Waals surface area contributed by atoms with E-state index in [1.807, 2.05) is 6.92 Å². The summed E-state index contributed by atoms with van der Waals surface area (Å²) in [5, 5.41) is 5.92. The van der Waals surface area contributed by atoms with Gasteiger partial charge in [-0.05, 0) is 25.1 Å². The van der Waals surface area contributed by atoms with Crippen LogP contribution in [-0.2, 0) is 9.53 Å². The van der Waals surface area contributed by atoms with Gasteiger partial charge in [0.25, 0.3) is 5.91 Å². The third kappa shape index (κ3) is 5.70. The predicted octanol–water partition coefficient (Wildman–Crippen LogP) is 0.923. The molecule has 4 N–H and O–H groups in total. The van der Waals surface area contributed by atoms with Gasteiger partial charge < -0.3 is 25.8 Å². The summed E-state index contributed by atoms with van der Waals surface area (Å²) in [5.41, 5.74) is 5.98. The fraction of sp³-hybridized carbons (Fsp3) is 0.467. The number of hydrogen-bond acceptors (Lipinski definition) is 5. The van der Waals surface area contributed by atoms with Crippen molar-refractivity contribution in [2.75, 3.05) is 31.7 Å². The summed E-state index contributed by atoms with van der Waals surface area (Å²) in [6.45, 7) is 4.21. The summed E-state index contributed by atoms with van der Waals surface area (Å²) in [6.07, 6.45) is 0.269. The first-order chi connectivity index (χ1) is 10.6. The smallest absolute Gasteiger partial charge is 0.250 e. The molecule has 0 aromatic heterocycles. The quantitative estimate of drug-likeness (QED) is 0.713. The van der Waals surface area contributed by atoms with Crippen LogP contribution in [0.1, 0.15) is 23.7 Å². The van der Waals surface area contributed by atoms with Gasteiger partial charge in [0.2, 0.25) is 5.91 Å². The van der Waals surface area contributed by atoms with E-state index in [1.165, 1.54) is 6.07 Å². The van der Waals surface area contributed by atoms with Crippen molar-refractivity contribution < 1.29 is 19.1 Å². The average Bonchev–Trinajstić information content (AvgIpc) is 2.49. The lowest BCUT2D eigenvalue weighted by Crippen LogP contribution is -2.43. The molecule has 1 aliphatic heterocycles. The Labute approximate surface area is 141 Å². The topological polar surface area (TPSA) is 103 Å². The summed E-state index contributed by atoms with van der Waals surface area (Å²) in [7, 11) is 0. The molecule has 1 aromatic carbocycles. The van der Waals surface area contributed by atoms with E-state index in [2.05, 4.69) is 10.6 Å². The molecule has 2 rings (SSSR count). The van der Waals surface area contributed by atoms with Crippen LogP contribution >= 0.6 is 12.4 Å². The van der Waals surface area contributed by atoms with Crippen molar-refractivity contribution in [2.24, 2.45) is 5.73 Å². The number of carbonyl (C=O) groups is 2. The molecule has 0 radical (unpaired) electrons. The molecule has 7 nitrogen and oxygen atoms in total. The molecular formula is C15H22ClN3O4.